The molecule has 2 aromatic rings. The quantitative estimate of drug-likeness (QED) is 0.825. The fourth-order valence-corrected chi connectivity index (χ4v) is 3.22. The Morgan fingerprint density at radius 3 is 1.81 bits per heavy atom. The van der Waals surface area contributed by atoms with Gasteiger partial charge < -0.3 is 24.1 Å². The van der Waals surface area contributed by atoms with Crippen LogP contribution >= 0.6 is 0 Å². The van der Waals surface area contributed by atoms with Crippen molar-refractivity contribution in [3.63, 3.8) is 0 Å². The normalized spacial score (nSPS) is 28.8. The largest absolute Gasteiger partial charge is 0.376 e. The lowest BCUT2D eigenvalue weighted by Crippen LogP contribution is -2.59. The van der Waals surface area contributed by atoms with E-state index >= 15 is 0 Å². The maximum atomic E-state index is 10.4. The Kier molecular flexibility index (Phi) is 6.77. The van der Waals surface area contributed by atoms with Gasteiger partial charge in [0.1, 0.15) is 18.3 Å². The van der Waals surface area contributed by atoms with E-state index in [1.165, 1.54) is 0 Å². The molecule has 5 atom stereocenters. The molecular weight excluding hydrogens is 332 g/mol. The maximum absolute atomic E-state index is 10.4. The van der Waals surface area contributed by atoms with Crippen LogP contribution in [-0.2, 0) is 32.2 Å². The highest BCUT2D eigenvalue weighted by Crippen LogP contribution is 2.28. The molecule has 1 fully saturated rings. The average molecular weight is 358 g/mol. The highest BCUT2D eigenvalue weighted by Gasteiger charge is 2.45. The summed E-state index contributed by atoms with van der Waals surface area (Å²) in [5.74, 6) is 0. The summed E-state index contributed by atoms with van der Waals surface area (Å²) in [5, 5.41) is 10.4. The molecule has 0 aliphatic carbocycles. The van der Waals surface area contributed by atoms with E-state index < -0.39 is 18.5 Å². The van der Waals surface area contributed by atoms with Gasteiger partial charge >= 0.3 is 0 Å². The Hall–Kier alpha value is -1.76. The van der Waals surface area contributed by atoms with E-state index in [9.17, 15) is 5.11 Å². The molecule has 1 N–H and O–H groups in total. The van der Waals surface area contributed by atoms with Crippen LogP contribution in [0.4, 0.5) is 0 Å². The average Bonchev–Trinajstić information content (AvgIpc) is 2.67. The van der Waals surface area contributed by atoms with Crippen molar-refractivity contribution in [2.24, 2.45) is 0 Å². The zero-order valence-corrected chi connectivity index (χ0v) is 15.2. The van der Waals surface area contributed by atoms with E-state index in [4.69, 9.17) is 18.9 Å². The molecule has 0 bridgehead atoms. The molecule has 5 heteroatoms. The summed E-state index contributed by atoms with van der Waals surface area (Å²) in [6.07, 6.45) is -2.78. The van der Waals surface area contributed by atoms with E-state index in [-0.39, 0.29) is 12.2 Å². The zero-order chi connectivity index (χ0) is 18.4. The van der Waals surface area contributed by atoms with Crippen LogP contribution < -0.4 is 0 Å². The third-order valence-electron chi connectivity index (χ3n) is 4.59. The Labute approximate surface area is 154 Å². The minimum atomic E-state index is -1.07. The van der Waals surface area contributed by atoms with E-state index in [0.717, 1.165) is 11.1 Å². The number of hydrogen-bond donors (Lipinski definition) is 1. The van der Waals surface area contributed by atoms with Crippen LogP contribution in [0.25, 0.3) is 0 Å². The van der Waals surface area contributed by atoms with E-state index in [0.29, 0.717) is 13.2 Å². The summed E-state index contributed by atoms with van der Waals surface area (Å²) in [4.78, 5) is 0. The van der Waals surface area contributed by atoms with Crippen LogP contribution in [0.3, 0.4) is 0 Å². The van der Waals surface area contributed by atoms with E-state index in [1.807, 2.05) is 67.6 Å². The molecule has 0 spiro atoms. The second-order valence-electron chi connectivity index (χ2n) is 6.45. The molecule has 5 nitrogen and oxygen atoms in total. The van der Waals surface area contributed by atoms with Gasteiger partial charge in [-0.25, -0.2) is 0 Å². The van der Waals surface area contributed by atoms with Crippen LogP contribution in [0, 0.1) is 0 Å². The predicted molar refractivity (Wildman–Crippen MR) is 97.4 cm³/mol. The molecule has 3 rings (SSSR count). The molecular formula is C21H26O5. The van der Waals surface area contributed by atoms with Gasteiger partial charge in [-0.05, 0) is 18.1 Å². The van der Waals surface area contributed by atoms with Gasteiger partial charge in [0, 0.05) is 7.11 Å². The smallest absolute Gasteiger partial charge is 0.184 e. The molecule has 2 aromatic carbocycles. The van der Waals surface area contributed by atoms with Gasteiger partial charge in [0.15, 0.2) is 6.29 Å². The van der Waals surface area contributed by atoms with Gasteiger partial charge in [-0.15, -0.1) is 0 Å². The Bertz CT molecular complexity index is 648. The van der Waals surface area contributed by atoms with Crippen molar-refractivity contribution in [1.82, 2.24) is 0 Å². The van der Waals surface area contributed by atoms with Crippen molar-refractivity contribution in [1.29, 1.82) is 0 Å². The minimum Gasteiger partial charge on any atom is -0.376 e. The van der Waals surface area contributed by atoms with Crippen LogP contribution in [0.2, 0.25) is 0 Å². The molecule has 1 saturated heterocycles. The summed E-state index contributed by atoms with van der Waals surface area (Å²) in [5.41, 5.74) is 2.08. The van der Waals surface area contributed by atoms with Crippen LogP contribution in [-0.4, -0.2) is 42.9 Å². The minimum absolute atomic E-state index is 0.299. The highest BCUT2D eigenvalue weighted by molar-refractivity contribution is 5.14. The van der Waals surface area contributed by atoms with Crippen LogP contribution in [0.1, 0.15) is 18.1 Å². The number of benzene rings is 2. The van der Waals surface area contributed by atoms with Crippen LogP contribution in [0.15, 0.2) is 60.7 Å². The lowest BCUT2D eigenvalue weighted by atomic mass is 9.99. The Morgan fingerprint density at radius 1 is 0.808 bits per heavy atom. The number of rotatable bonds is 7. The van der Waals surface area contributed by atoms with Gasteiger partial charge in [-0.2, -0.15) is 0 Å². The third kappa shape index (κ3) is 4.69. The lowest BCUT2D eigenvalue weighted by molar-refractivity contribution is -0.303. The van der Waals surface area contributed by atoms with Crippen molar-refractivity contribution >= 4 is 0 Å². The molecule has 1 heterocycles. The summed E-state index contributed by atoms with van der Waals surface area (Å²) in [6.45, 7) is 2.64. The van der Waals surface area contributed by atoms with E-state index in [2.05, 4.69) is 0 Å². The second-order valence-corrected chi connectivity index (χ2v) is 6.45. The Balaban J connectivity index is 1.71. The SMILES string of the molecule is CO[C@H]1[C@@H](OCc2ccccc2)[C@H](OCc2ccccc2)C(O)O[C@H]1C. The summed E-state index contributed by atoms with van der Waals surface area (Å²) in [7, 11) is 1.62. The molecule has 0 saturated carbocycles. The third-order valence-corrected chi connectivity index (χ3v) is 4.59. The number of aliphatic hydroxyl groups excluding tert-OH is 1. The van der Waals surface area contributed by atoms with E-state index in [1.54, 1.807) is 7.11 Å². The molecule has 1 aliphatic heterocycles. The first kappa shape index (κ1) is 19.0. The molecule has 1 unspecified atom stereocenters. The number of hydrogen-bond acceptors (Lipinski definition) is 5. The summed E-state index contributed by atoms with van der Waals surface area (Å²) in [6, 6.07) is 19.7. The first-order valence-electron chi connectivity index (χ1n) is 8.86. The monoisotopic (exact) mass is 358 g/mol. The predicted octanol–water partition coefficient (Wildman–Crippen LogP) is 2.91. The molecule has 1 aliphatic rings. The van der Waals surface area contributed by atoms with Crippen molar-refractivity contribution in [3.05, 3.63) is 71.8 Å². The highest BCUT2D eigenvalue weighted by atomic mass is 16.7. The van der Waals surface area contributed by atoms with Crippen molar-refractivity contribution < 1.29 is 24.1 Å². The molecule has 0 aromatic heterocycles. The Morgan fingerprint density at radius 2 is 1.31 bits per heavy atom. The van der Waals surface area contributed by atoms with Crippen molar-refractivity contribution in [2.75, 3.05) is 7.11 Å². The number of methoxy groups -OCH3 is 1. The lowest BCUT2D eigenvalue weighted by Gasteiger charge is -2.43. The van der Waals surface area contributed by atoms with Gasteiger partial charge in [-0.3, -0.25) is 0 Å². The van der Waals surface area contributed by atoms with Crippen molar-refractivity contribution in [3.8, 4) is 0 Å². The fraction of sp³-hybridized carbons (Fsp3) is 0.429. The van der Waals surface area contributed by atoms with Crippen molar-refractivity contribution in [2.45, 2.75) is 50.8 Å². The molecule has 0 radical (unpaired) electrons. The fourth-order valence-electron chi connectivity index (χ4n) is 3.22. The number of ether oxygens (including phenoxy) is 4. The van der Waals surface area contributed by atoms with Crippen LogP contribution in [0.5, 0.6) is 0 Å². The molecule has 0 amide bonds. The van der Waals surface area contributed by atoms with Gasteiger partial charge in [0.25, 0.3) is 0 Å². The maximum Gasteiger partial charge on any atom is 0.184 e. The van der Waals surface area contributed by atoms with Gasteiger partial charge in [0.05, 0.1) is 19.3 Å². The number of aliphatic hydroxyl groups is 1. The zero-order valence-electron chi connectivity index (χ0n) is 15.2. The first-order chi connectivity index (χ1) is 12.7. The molecule has 140 valence electrons. The second kappa shape index (κ2) is 9.26. The van der Waals surface area contributed by atoms with Gasteiger partial charge in [-0.1, -0.05) is 60.7 Å². The van der Waals surface area contributed by atoms with Gasteiger partial charge in [0.2, 0.25) is 0 Å². The summed E-state index contributed by atoms with van der Waals surface area (Å²) >= 11 is 0. The first-order valence-corrected chi connectivity index (χ1v) is 8.86. The standard InChI is InChI=1S/C21H26O5/c1-15-18(23-2)19(24-13-16-9-5-3-6-10-16)20(21(22)26-15)25-14-17-11-7-4-8-12-17/h3-12,15,18-22H,13-14H2,1-2H3/t15-,18+,19+,20-,21?/m0/s1. The summed E-state index contributed by atoms with van der Waals surface area (Å²) < 4.78 is 23.3. The molecule has 26 heavy (non-hydrogen) atoms. The topological polar surface area (TPSA) is 57.2 Å².